The summed E-state index contributed by atoms with van der Waals surface area (Å²) in [6, 6.07) is 6.40. The van der Waals surface area contributed by atoms with Crippen LogP contribution in [0.2, 0.25) is 0 Å². The highest BCUT2D eigenvalue weighted by molar-refractivity contribution is 5.85. The molecule has 1 aliphatic heterocycles. The summed E-state index contributed by atoms with van der Waals surface area (Å²) < 4.78 is 10.9. The fraction of sp³-hybridized carbons (Fsp3) is 0.550. The summed E-state index contributed by atoms with van der Waals surface area (Å²) >= 11 is 0. The van der Waals surface area contributed by atoms with Crippen LogP contribution in [0.1, 0.15) is 50.0 Å². The zero-order valence-corrected chi connectivity index (χ0v) is 14.7. The number of rotatable bonds is 4. The van der Waals surface area contributed by atoms with Gasteiger partial charge in [0, 0.05) is 29.7 Å². The molecule has 1 amide bonds. The van der Waals surface area contributed by atoms with E-state index in [0.29, 0.717) is 12.5 Å². The minimum absolute atomic E-state index is 0.0729. The van der Waals surface area contributed by atoms with Gasteiger partial charge in [-0.3, -0.25) is 4.79 Å². The van der Waals surface area contributed by atoms with Crippen LogP contribution < -0.4 is 10.1 Å². The molecule has 25 heavy (non-hydrogen) atoms. The molecule has 2 aromatic rings. The number of aromatic amines is 1. The molecule has 2 N–H and O–H groups in total. The van der Waals surface area contributed by atoms with Crippen LogP contribution in [-0.4, -0.2) is 36.8 Å². The molecule has 2 heterocycles. The van der Waals surface area contributed by atoms with Crippen LogP contribution in [0.3, 0.4) is 0 Å². The molecule has 5 nitrogen and oxygen atoms in total. The summed E-state index contributed by atoms with van der Waals surface area (Å²) in [6.07, 6.45) is 8.07. The molecule has 1 saturated heterocycles. The third-order valence-electron chi connectivity index (χ3n) is 5.60. The summed E-state index contributed by atoms with van der Waals surface area (Å²) in [6.45, 7) is 0.711. The van der Waals surface area contributed by atoms with Gasteiger partial charge in [-0.05, 0) is 61.8 Å². The lowest BCUT2D eigenvalue weighted by Crippen LogP contribution is -2.43. The molecule has 0 bridgehead atoms. The number of hydrogen-bond acceptors (Lipinski definition) is 3. The molecule has 2 fully saturated rings. The van der Waals surface area contributed by atoms with Crippen molar-refractivity contribution in [2.45, 2.75) is 56.6 Å². The van der Waals surface area contributed by atoms with Gasteiger partial charge in [0.25, 0.3) is 0 Å². The monoisotopic (exact) mass is 342 g/mol. The van der Waals surface area contributed by atoms with Gasteiger partial charge in [0.1, 0.15) is 11.9 Å². The highest BCUT2D eigenvalue weighted by atomic mass is 16.5. The van der Waals surface area contributed by atoms with E-state index in [4.69, 9.17) is 9.47 Å². The molecule has 1 saturated carbocycles. The van der Waals surface area contributed by atoms with Crippen molar-refractivity contribution in [3.8, 4) is 5.75 Å². The van der Waals surface area contributed by atoms with E-state index in [-0.39, 0.29) is 18.1 Å². The number of hydrogen-bond donors (Lipinski definition) is 2. The number of aromatic nitrogens is 1. The van der Waals surface area contributed by atoms with Crippen molar-refractivity contribution in [2.24, 2.45) is 0 Å². The number of benzene rings is 1. The number of ether oxygens (including phenoxy) is 2. The minimum Gasteiger partial charge on any atom is -0.497 e. The average Bonchev–Trinajstić information content (AvgIpc) is 3.31. The first-order valence-electron chi connectivity index (χ1n) is 9.31. The second-order valence-corrected chi connectivity index (χ2v) is 7.23. The lowest BCUT2D eigenvalue weighted by molar-refractivity contribution is -0.131. The average molecular weight is 342 g/mol. The fourth-order valence-corrected chi connectivity index (χ4v) is 4.27. The normalized spacial score (nSPS) is 26.7. The molecule has 0 unspecified atom stereocenters. The standard InChI is InChI=1S/C20H26N2O3/c1-24-15-7-8-18-16(11-15)17(12-21-18)13-4-2-5-14(10-13)22-20(23)19-6-3-9-25-19/h7-8,11-14,19,21H,2-6,9-10H2,1H3,(H,22,23)/t13-,14-,19-/m0/s1. The first-order valence-corrected chi connectivity index (χ1v) is 9.31. The van der Waals surface area contributed by atoms with E-state index in [2.05, 4.69) is 28.6 Å². The molecule has 1 aromatic heterocycles. The molecule has 4 rings (SSSR count). The van der Waals surface area contributed by atoms with Crippen molar-refractivity contribution in [3.05, 3.63) is 30.0 Å². The van der Waals surface area contributed by atoms with E-state index >= 15 is 0 Å². The SMILES string of the molecule is COc1ccc2[nH]cc([C@H]3CCC[C@H](NC(=O)[C@@H]4CCCO4)C3)c2c1. The molecule has 1 aromatic carbocycles. The quantitative estimate of drug-likeness (QED) is 0.894. The third kappa shape index (κ3) is 3.38. The molecule has 5 heteroatoms. The molecule has 2 aliphatic rings. The van der Waals surface area contributed by atoms with Crippen LogP contribution in [-0.2, 0) is 9.53 Å². The van der Waals surface area contributed by atoms with Crippen LogP contribution in [0.5, 0.6) is 5.75 Å². The number of fused-ring (bicyclic) bond motifs is 1. The van der Waals surface area contributed by atoms with E-state index in [0.717, 1.165) is 49.8 Å². The Bertz CT molecular complexity index is 748. The largest absolute Gasteiger partial charge is 0.497 e. The van der Waals surface area contributed by atoms with Gasteiger partial charge in [0.05, 0.1) is 7.11 Å². The van der Waals surface area contributed by atoms with E-state index in [1.165, 1.54) is 10.9 Å². The number of nitrogens with one attached hydrogen (secondary N) is 2. The maximum absolute atomic E-state index is 12.3. The van der Waals surface area contributed by atoms with Gasteiger partial charge in [-0.15, -0.1) is 0 Å². The second-order valence-electron chi connectivity index (χ2n) is 7.23. The second kappa shape index (κ2) is 7.08. The van der Waals surface area contributed by atoms with E-state index in [1.807, 2.05) is 6.07 Å². The van der Waals surface area contributed by atoms with Gasteiger partial charge >= 0.3 is 0 Å². The Labute approximate surface area is 148 Å². The third-order valence-corrected chi connectivity index (χ3v) is 5.60. The predicted octanol–water partition coefficient (Wildman–Crippen LogP) is 3.50. The van der Waals surface area contributed by atoms with Gasteiger partial charge < -0.3 is 19.8 Å². The van der Waals surface area contributed by atoms with Crippen molar-refractivity contribution in [1.29, 1.82) is 0 Å². The van der Waals surface area contributed by atoms with Gasteiger partial charge in [0.2, 0.25) is 5.91 Å². The highest BCUT2D eigenvalue weighted by Crippen LogP contribution is 2.37. The van der Waals surface area contributed by atoms with Crippen LogP contribution in [0.4, 0.5) is 0 Å². The van der Waals surface area contributed by atoms with Crippen molar-refractivity contribution in [3.63, 3.8) is 0 Å². The lowest BCUT2D eigenvalue weighted by Gasteiger charge is -2.30. The number of carbonyl (C=O) groups excluding carboxylic acids is 1. The smallest absolute Gasteiger partial charge is 0.249 e. The summed E-state index contributed by atoms with van der Waals surface area (Å²) in [7, 11) is 1.70. The minimum atomic E-state index is -0.238. The zero-order valence-electron chi connectivity index (χ0n) is 14.7. The van der Waals surface area contributed by atoms with Crippen LogP contribution in [0.25, 0.3) is 10.9 Å². The fourth-order valence-electron chi connectivity index (χ4n) is 4.27. The van der Waals surface area contributed by atoms with E-state index in [1.54, 1.807) is 7.11 Å². The topological polar surface area (TPSA) is 63.3 Å². The molecule has 0 spiro atoms. The first kappa shape index (κ1) is 16.5. The molecule has 134 valence electrons. The number of H-pyrrole nitrogens is 1. The Morgan fingerprint density at radius 1 is 1.28 bits per heavy atom. The van der Waals surface area contributed by atoms with Gasteiger partial charge in [-0.25, -0.2) is 0 Å². The predicted molar refractivity (Wildman–Crippen MR) is 97.0 cm³/mol. The summed E-state index contributed by atoms with van der Waals surface area (Å²) in [5.41, 5.74) is 2.48. The molecule has 1 aliphatic carbocycles. The van der Waals surface area contributed by atoms with Crippen LogP contribution in [0, 0.1) is 0 Å². The maximum atomic E-state index is 12.3. The summed E-state index contributed by atoms with van der Waals surface area (Å²) in [5.74, 6) is 1.42. The zero-order chi connectivity index (χ0) is 17.2. The van der Waals surface area contributed by atoms with Crippen molar-refractivity contribution < 1.29 is 14.3 Å². The van der Waals surface area contributed by atoms with Crippen LogP contribution in [0.15, 0.2) is 24.4 Å². The Morgan fingerprint density at radius 2 is 2.20 bits per heavy atom. The Hall–Kier alpha value is -2.01. The Morgan fingerprint density at radius 3 is 3.00 bits per heavy atom. The van der Waals surface area contributed by atoms with E-state index in [9.17, 15) is 4.79 Å². The van der Waals surface area contributed by atoms with Gasteiger partial charge in [-0.1, -0.05) is 6.42 Å². The number of amides is 1. The Balaban J connectivity index is 1.48. The maximum Gasteiger partial charge on any atom is 0.249 e. The molecule has 0 radical (unpaired) electrons. The number of carbonyl (C=O) groups is 1. The van der Waals surface area contributed by atoms with Crippen molar-refractivity contribution in [1.82, 2.24) is 10.3 Å². The van der Waals surface area contributed by atoms with Gasteiger partial charge in [0.15, 0.2) is 0 Å². The summed E-state index contributed by atoms with van der Waals surface area (Å²) in [5, 5.41) is 4.46. The van der Waals surface area contributed by atoms with Crippen molar-refractivity contribution >= 4 is 16.8 Å². The highest BCUT2D eigenvalue weighted by Gasteiger charge is 2.29. The van der Waals surface area contributed by atoms with Crippen LogP contribution >= 0.6 is 0 Å². The first-order chi connectivity index (χ1) is 12.2. The summed E-state index contributed by atoms with van der Waals surface area (Å²) in [4.78, 5) is 15.7. The molecular weight excluding hydrogens is 316 g/mol. The lowest BCUT2D eigenvalue weighted by atomic mass is 9.81. The van der Waals surface area contributed by atoms with Gasteiger partial charge in [-0.2, -0.15) is 0 Å². The van der Waals surface area contributed by atoms with E-state index < -0.39 is 0 Å². The number of methoxy groups -OCH3 is 1. The Kier molecular flexibility index (Phi) is 4.66. The molecule has 3 atom stereocenters. The van der Waals surface area contributed by atoms with Crippen molar-refractivity contribution in [2.75, 3.05) is 13.7 Å². The molecular formula is C20H26N2O3.